The van der Waals surface area contributed by atoms with Crippen molar-refractivity contribution in [1.29, 1.82) is 0 Å². The molecule has 2 aromatic carbocycles. The highest BCUT2D eigenvalue weighted by Crippen LogP contribution is 2.35. The average molecular weight is 520 g/mol. The molecule has 1 saturated heterocycles. The monoisotopic (exact) mass is 520 g/mol. The number of imide groups is 1. The molecule has 3 amide bonds. The molecule has 7 heteroatoms. The minimum atomic E-state index is -0.425. The number of urea groups is 1. The number of amides is 3. The number of hydrogen-bond donors (Lipinski definition) is 1. The predicted octanol–water partition coefficient (Wildman–Crippen LogP) is 4.88. The van der Waals surface area contributed by atoms with E-state index in [1.807, 2.05) is 44.2 Å². The summed E-state index contributed by atoms with van der Waals surface area (Å²) >= 11 is 2.19. The van der Waals surface area contributed by atoms with E-state index in [0.29, 0.717) is 11.5 Å². The molecule has 0 spiro atoms. The Morgan fingerprint density at radius 2 is 2.00 bits per heavy atom. The van der Waals surface area contributed by atoms with E-state index in [0.717, 1.165) is 26.7 Å². The van der Waals surface area contributed by atoms with Gasteiger partial charge in [0.15, 0.2) is 11.5 Å². The van der Waals surface area contributed by atoms with Gasteiger partial charge >= 0.3 is 6.03 Å². The summed E-state index contributed by atoms with van der Waals surface area (Å²) in [6.07, 6.45) is 2.60. The Balaban J connectivity index is 1.85. The molecule has 1 aliphatic rings. The van der Waals surface area contributed by atoms with Crippen molar-refractivity contribution in [1.82, 2.24) is 10.2 Å². The highest BCUT2D eigenvalue weighted by atomic mass is 127. The van der Waals surface area contributed by atoms with Gasteiger partial charge in [-0.2, -0.15) is 0 Å². The van der Waals surface area contributed by atoms with Gasteiger partial charge < -0.3 is 14.8 Å². The van der Waals surface area contributed by atoms with Crippen molar-refractivity contribution in [2.24, 2.45) is 0 Å². The van der Waals surface area contributed by atoms with E-state index in [1.165, 1.54) is 4.90 Å². The fraction of sp³-hybridized carbons (Fsp3) is 0.304. The number of nitrogens with one attached hydrogen (secondary N) is 1. The second kappa shape index (κ2) is 9.51. The first-order valence-corrected chi connectivity index (χ1v) is 10.8. The third-order valence-corrected chi connectivity index (χ3v) is 5.64. The Labute approximate surface area is 190 Å². The molecule has 1 fully saturated rings. The molecule has 0 unspecified atom stereocenters. The Bertz CT molecular complexity index is 1000. The first-order chi connectivity index (χ1) is 14.3. The van der Waals surface area contributed by atoms with Crippen molar-refractivity contribution in [3.63, 3.8) is 0 Å². The lowest BCUT2D eigenvalue weighted by atomic mass is 10.1. The lowest BCUT2D eigenvalue weighted by Gasteiger charge is -2.17. The molecule has 0 bridgehead atoms. The third kappa shape index (κ3) is 4.95. The van der Waals surface area contributed by atoms with Crippen LogP contribution >= 0.6 is 22.6 Å². The SMILES string of the molecule is CC[C@H](C)Oc1c(I)cc(/C=C2/NC(=O)N(Cc3cccc(C)c3)C2=O)cc1OC. The first-order valence-electron chi connectivity index (χ1n) is 9.76. The van der Waals surface area contributed by atoms with E-state index in [-0.39, 0.29) is 24.3 Å². The molecular weight excluding hydrogens is 495 g/mol. The van der Waals surface area contributed by atoms with Crippen molar-refractivity contribution < 1.29 is 19.1 Å². The van der Waals surface area contributed by atoms with Crippen LogP contribution in [0.2, 0.25) is 0 Å². The van der Waals surface area contributed by atoms with Crippen LogP contribution in [0.25, 0.3) is 6.08 Å². The van der Waals surface area contributed by atoms with E-state index in [4.69, 9.17) is 9.47 Å². The van der Waals surface area contributed by atoms with Gasteiger partial charge in [0.1, 0.15) is 5.70 Å². The average Bonchev–Trinajstić information content (AvgIpc) is 2.97. The number of carbonyl (C=O) groups is 2. The zero-order valence-corrected chi connectivity index (χ0v) is 19.6. The smallest absolute Gasteiger partial charge is 0.329 e. The number of benzene rings is 2. The molecule has 30 heavy (non-hydrogen) atoms. The van der Waals surface area contributed by atoms with Crippen LogP contribution in [-0.2, 0) is 11.3 Å². The Hall–Kier alpha value is -2.55. The molecule has 158 valence electrons. The van der Waals surface area contributed by atoms with Crippen LogP contribution in [0.3, 0.4) is 0 Å². The zero-order valence-electron chi connectivity index (χ0n) is 17.5. The van der Waals surface area contributed by atoms with Gasteiger partial charge in [-0.05, 0) is 72.2 Å². The fourth-order valence-corrected chi connectivity index (χ4v) is 3.85. The fourth-order valence-electron chi connectivity index (χ4n) is 3.10. The molecule has 0 aromatic heterocycles. The van der Waals surface area contributed by atoms with E-state index in [2.05, 4.69) is 34.8 Å². The van der Waals surface area contributed by atoms with E-state index in [9.17, 15) is 9.59 Å². The van der Waals surface area contributed by atoms with Crippen LogP contribution in [0.1, 0.15) is 37.0 Å². The first kappa shape index (κ1) is 22.1. The molecule has 1 N–H and O–H groups in total. The van der Waals surface area contributed by atoms with Crippen LogP contribution < -0.4 is 14.8 Å². The van der Waals surface area contributed by atoms with Gasteiger partial charge in [0.2, 0.25) is 0 Å². The molecule has 1 atom stereocenters. The molecule has 2 aromatic rings. The highest BCUT2D eigenvalue weighted by Gasteiger charge is 2.33. The van der Waals surface area contributed by atoms with Crippen molar-refractivity contribution in [3.05, 3.63) is 62.4 Å². The number of hydrogen-bond acceptors (Lipinski definition) is 4. The zero-order chi connectivity index (χ0) is 21.8. The second-order valence-corrected chi connectivity index (χ2v) is 8.40. The van der Waals surface area contributed by atoms with Gasteiger partial charge in [0.25, 0.3) is 5.91 Å². The van der Waals surface area contributed by atoms with Crippen LogP contribution in [0, 0.1) is 10.5 Å². The van der Waals surface area contributed by atoms with Crippen molar-refractivity contribution in [2.45, 2.75) is 39.8 Å². The molecule has 0 aliphatic carbocycles. The Morgan fingerprint density at radius 1 is 1.23 bits per heavy atom. The lowest BCUT2D eigenvalue weighted by Crippen LogP contribution is -2.30. The van der Waals surface area contributed by atoms with Crippen LogP contribution in [-0.4, -0.2) is 30.1 Å². The number of aryl methyl sites for hydroxylation is 1. The van der Waals surface area contributed by atoms with Crippen molar-refractivity contribution in [2.75, 3.05) is 7.11 Å². The topological polar surface area (TPSA) is 67.9 Å². The van der Waals surface area contributed by atoms with Crippen LogP contribution in [0.5, 0.6) is 11.5 Å². The molecule has 0 radical (unpaired) electrons. The maximum absolute atomic E-state index is 12.8. The maximum atomic E-state index is 12.8. The van der Waals surface area contributed by atoms with Gasteiger partial charge in [-0.3, -0.25) is 9.69 Å². The molecule has 6 nitrogen and oxygen atoms in total. The third-order valence-electron chi connectivity index (χ3n) is 4.84. The number of halogens is 1. The quantitative estimate of drug-likeness (QED) is 0.321. The predicted molar refractivity (Wildman–Crippen MR) is 124 cm³/mol. The number of rotatable bonds is 7. The molecule has 1 heterocycles. The molecular formula is C23H25IN2O4. The van der Waals surface area contributed by atoms with Gasteiger partial charge in [-0.25, -0.2) is 4.79 Å². The summed E-state index contributed by atoms with van der Waals surface area (Å²) in [5, 5.41) is 2.67. The maximum Gasteiger partial charge on any atom is 0.329 e. The largest absolute Gasteiger partial charge is 0.493 e. The van der Waals surface area contributed by atoms with Crippen molar-refractivity contribution in [3.8, 4) is 11.5 Å². The van der Waals surface area contributed by atoms with Crippen molar-refractivity contribution >= 4 is 40.6 Å². The standard InChI is InChI=1S/C23H25IN2O4/c1-5-15(3)30-21-18(24)10-17(12-20(21)29-4)11-19-22(27)26(23(28)25-19)13-16-8-6-7-14(2)9-16/h6-12,15H,5,13H2,1-4H3,(H,25,28)/b19-11+/t15-/m0/s1. The van der Waals surface area contributed by atoms with Crippen LogP contribution in [0.15, 0.2) is 42.1 Å². The summed E-state index contributed by atoms with van der Waals surface area (Å²) < 4.78 is 12.3. The van der Waals surface area contributed by atoms with Gasteiger partial charge in [-0.1, -0.05) is 36.8 Å². The summed E-state index contributed by atoms with van der Waals surface area (Å²) in [5.41, 5.74) is 2.97. The lowest BCUT2D eigenvalue weighted by molar-refractivity contribution is -0.123. The summed E-state index contributed by atoms with van der Waals surface area (Å²) in [5.74, 6) is 0.912. The molecule has 1 aliphatic heterocycles. The van der Waals surface area contributed by atoms with Gasteiger partial charge in [0, 0.05) is 0 Å². The summed E-state index contributed by atoms with van der Waals surface area (Å²) in [7, 11) is 1.58. The normalized spacial score (nSPS) is 16.0. The molecule has 0 saturated carbocycles. The summed E-state index contributed by atoms with van der Waals surface area (Å²) in [6.45, 7) is 6.26. The van der Waals surface area contributed by atoms with E-state index in [1.54, 1.807) is 19.3 Å². The Kier molecular flexibility index (Phi) is 7.02. The van der Waals surface area contributed by atoms with Gasteiger partial charge in [-0.15, -0.1) is 0 Å². The van der Waals surface area contributed by atoms with E-state index < -0.39 is 6.03 Å². The number of carbonyl (C=O) groups excluding carboxylic acids is 2. The number of ether oxygens (including phenoxy) is 2. The molecule has 3 rings (SSSR count). The number of methoxy groups -OCH3 is 1. The number of nitrogens with zero attached hydrogens (tertiary/aromatic N) is 1. The van der Waals surface area contributed by atoms with Crippen LogP contribution in [0.4, 0.5) is 4.79 Å². The highest BCUT2D eigenvalue weighted by molar-refractivity contribution is 14.1. The second-order valence-electron chi connectivity index (χ2n) is 7.24. The minimum Gasteiger partial charge on any atom is -0.493 e. The minimum absolute atomic E-state index is 0.0579. The summed E-state index contributed by atoms with van der Waals surface area (Å²) in [4.78, 5) is 26.4. The van der Waals surface area contributed by atoms with Gasteiger partial charge in [0.05, 0.1) is 23.3 Å². The summed E-state index contributed by atoms with van der Waals surface area (Å²) in [6, 6.07) is 11.0. The Morgan fingerprint density at radius 3 is 2.67 bits per heavy atom. The van der Waals surface area contributed by atoms with E-state index >= 15 is 0 Å².